The predicted octanol–water partition coefficient (Wildman–Crippen LogP) is 4.00. The van der Waals surface area contributed by atoms with E-state index in [0.717, 1.165) is 17.0 Å². The Labute approximate surface area is 236 Å². The number of aromatic nitrogens is 4. The number of ether oxygens (including phenoxy) is 3. The van der Waals surface area contributed by atoms with Crippen molar-refractivity contribution in [1.82, 2.24) is 24.3 Å². The molecule has 0 bridgehead atoms. The molecule has 0 unspecified atom stereocenters. The molecule has 6 rings (SSSR count). The highest BCUT2D eigenvalue weighted by molar-refractivity contribution is 6.32. The fourth-order valence-corrected chi connectivity index (χ4v) is 5.20. The highest BCUT2D eigenvalue weighted by Crippen LogP contribution is 2.33. The van der Waals surface area contributed by atoms with Gasteiger partial charge in [0.15, 0.2) is 11.9 Å². The first-order valence-corrected chi connectivity index (χ1v) is 13.4. The Morgan fingerprint density at radius 1 is 1.12 bits per heavy atom. The van der Waals surface area contributed by atoms with Crippen molar-refractivity contribution in [3.8, 4) is 17.1 Å². The molecular formula is C28H30ClN7O4. The van der Waals surface area contributed by atoms with Crippen LogP contribution in [0.25, 0.3) is 17.0 Å². The molecule has 0 spiro atoms. The molecule has 2 aliphatic rings. The lowest BCUT2D eigenvalue weighted by Gasteiger charge is -2.37. The van der Waals surface area contributed by atoms with Crippen molar-refractivity contribution in [2.45, 2.75) is 25.7 Å². The van der Waals surface area contributed by atoms with Crippen molar-refractivity contribution >= 4 is 40.5 Å². The number of methoxy groups -OCH3 is 1. The molecule has 1 N–H and O–H groups in total. The topological polar surface area (TPSA) is 106 Å². The molecule has 0 saturated carbocycles. The van der Waals surface area contributed by atoms with Crippen LogP contribution in [-0.4, -0.2) is 81.9 Å². The maximum atomic E-state index is 12.9. The Balaban J connectivity index is 1.15. The minimum absolute atomic E-state index is 0.0198. The van der Waals surface area contributed by atoms with E-state index in [1.165, 1.54) is 0 Å². The molecule has 2 fully saturated rings. The average molecular weight is 564 g/mol. The molecule has 11 nitrogen and oxygen atoms in total. The normalized spacial score (nSPS) is 18.8. The molecular weight excluding hydrogens is 534 g/mol. The summed E-state index contributed by atoms with van der Waals surface area (Å²) >= 11 is 6.47. The van der Waals surface area contributed by atoms with Gasteiger partial charge in [-0.3, -0.25) is 9.20 Å². The van der Waals surface area contributed by atoms with E-state index >= 15 is 0 Å². The minimum atomic E-state index is -0.721. The van der Waals surface area contributed by atoms with E-state index in [0.29, 0.717) is 54.3 Å². The summed E-state index contributed by atoms with van der Waals surface area (Å²) in [5, 5.41) is 3.68. The largest absolute Gasteiger partial charge is 0.494 e. The third kappa shape index (κ3) is 5.15. The van der Waals surface area contributed by atoms with Gasteiger partial charge in [0.05, 0.1) is 42.5 Å². The van der Waals surface area contributed by atoms with Crippen LogP contribution in [0.5, 0.6) is 5.75 Å². The second-order valence-corrected chi connectivity index (χ2v) is 10.5. The van der Waals surface area contributed by atoms with Crippen LogP contribution in [0, 0.1) is 0 Å². The van der Waals surface area contributed by atoms with Gasteiger partial charge >= 0.3 is 0 Å². The number of nitrogens with zero attached hydrogens (tertiary/aromatic N) is 6. The van der Waals surface area contributed by atoms with Gasteiger partial charge in [0.1, 0.15) is 17.1 Å². The lowest BCUT2D eigenvalue weighted by Crippen LogP contribution is -2.52. The maximum Gasteiger partial charge on any atom is 0.254 e. The minimum Gasteiger partial charge on any atom is -0.494 e. The average Bonchev–Trinajstić information content (AvgIpc) is 3.57. The Bertz CT molecular complexity index is 1550. The number of nitrogens with one attached hydrogen (secondary N) is 1. The van der Waals surface area contributed by atoms with Gasteiger partial charge in [-0.25, -0.2) is 15.0 Å². The van der Waals surface area contributed by atoms with Crippen LogP contribution in [0.15, 0.2) is 55.0 Å². The number of amides is 1. The van der Waals surface area contributed by atoms with Gasteiger partial charge in [-0.15, -0.1) is 0 Å². The molecule has 2 saturated heterocycles. The first kappa shape index (κ1) is 26.3. The lowest BCUT2D eigenvalue weighted by atomic mass is 10.2. The molecule has 4 aromatic rings. The van der Waals surface area contributed by atoms with Crippen LogP contribution in [0.2, 0.25) is 5.02 Å². The Morgan fingerprint density at radius 3 is 2.70 bits per heavy atom. The molecule has 2 aliphatic heterocycles. The monoisotopic (exact) mass is 563 g/mol. The fourth-order valence-electron chi connectivity index (χ4n) is 5.01. The number of hydrogen-bond acceptors (Lipinski definition) is 9. The smallest absolute Gasteiger partial charge is 0.254 e. The molecule has 1 amide bonds. The van der Waals surface area contributed by atoms with Crippen LogP contribution in [0.1, 0.15) is 13.8 Å². The van der Waals surface area contributed by atoms with Crippen molar-refractivity contribution in [2.75, 3.05) is 50.1 Å². The zero-order chi connectivity index (χ0) is 27.9. The standard InChI is InChI=1S/C28H30ClN7O4/c1-28(2)39-17-23(40-28)26(37)35-12-10-34(11-13-35)18-7-8-20(22(14-18)38-3)32-27-31-15-19(29)25(33-27)21-16-30-24-6-4-5-9-36(21)24/h4-9,14-16,23H,10-13,17H2,1-3H3,(H,31,32,33)/t23-/m0/s1. The SMILES string of the molecule is COc1cc(N2CCN(C(=O)[C@@H]3COC(C)(C)O3)CC2)ccc1Nc1ncc(Cl)c(-c2cnc3ccccn23)n1. The van der Waals surface area contributed by atoms with Crippen LogP contribution in [0.4, 0.5) is 17.3 Å². The first-order chi connectivity index (χ1) is 19.3. The van der Waals surface area contributed by atoms with Gasteiger partial charge in [0.25, 0.3) is 5.91 Å². The summed E-state index contributed by atoms with van der Waals surface area (Å²) in [4.78, 5) is 30.4. The van der Waals surface area contributed by atoms with Gasteiger partial charge in [-0.1, -0.05) is 17.7 Å². The zero-order valence-electron chi connectivity index (χ0n) is 22.5. The summed E-state index contributed by atoms with van der Waals surface area (Å²) in [5.74, 6) is 0.282. The summed E-state index contributed by atoms with van der Waals surface area (Å²) in [7, 11) is 1.62. The van der Waals surface area contributed by atoms with Gasteiger partial charge in [0.2, 0.25) is 5.95 Å². The molecule has 40 heavy (non-hydrogen) atoms. The lowest BCUT2D eigenvalue weighted by molar-refractivity contribution is -0.160. The second-order valence-electron chi connectivity index (χ2n) is 10.1. The second kappa shape index (κ2) is 10.6. The van der Waals surface area contributed by atoms with Crippen LogP contribution < -0.4 is 15.0 Å². The molecule has 12 heteroatoms. The number of piperazine rings is 1. The third-order valence-corrected chi connectivity index (χ3v) is 7.35. The van der Waals surface area contributed by atoms with Crippen molar-refractivity contribution in [3.05, 3.63) is 60.0 Å². The van der Waals surface area contributed by atoms with Gasteiger partial charge < -0.3 is 29.3 Å². The van der Waals surface area contributed by atoms with Gasteiger partial charge in [0, 0.05) is 44.1 Å². The molecule has 1 atom stereocenters. The van der Waals surface area contributed by atoms with Crippen LogP contribution >= 0.6 is 11.6 Å². The molecule has 3 aromatic heterocycles. The zero-order valence-corrected chi connectivity index (χ0v) is 23.3. The van der Waals surface area contributed by atoms with Crippen molar-refractivity contribution in [2.24, 2.45) is 0 Å². The third-order valence-electron chi connectivity index (χ3n) is 7.08. The number of pyridine rings is 1. The van der Waals surface area contributed by atoms with E-state index in [1.807, 2.05) is 65.7 Å². The summed E-state index contributed by atoms with van der Waals surface area (Å²) < 4.78 is 18.9. The highest BCUT2D eigenvalue weighted by atomic mass is 35.5. The van der Waals surface area contributed by atoms with Crippen molar-refractivity contribution < 1.29 is 19.0 Å². The number of benzene rings is 1. The van der Waals surface area contributed by atoms with E-state index in [1.54, 1.807) is 19.5 Å². The number of carbonyl (C=O) groups excluding carboxylic acids is 1. The van der Waals surface area contributed by atoms with E-state index in [4.69, 9.17) is 25.8 Å². The summed E-state index contributed by atoms with van der Waals surface area (Å²) in [6.45, 7) is 6.53. The summed E-state index contributed by atoms with van der Waals surface area (Å²) in [6, 6.07) is 11.7. The molecule has 208 valence electrons. The van der Waals surface area contributed by atoms with E-state index in [9.17, 15) is 4.79 Å². The van der Waals surface area contributed by atoms with Crippen molar-refractivity contribution in [3.63, 3.8) is 0 Å². The number of carbonyl (C=O) groups is 1. The quantitative estimate of drug-likeness (QED) is 0.372. The molecule has 5 heterocycles. The van der Waals surface area contributed by atoms with Gasteiger partial charge in [-0.2, -0.15) is 0 Å². The Kier molecular flexibility index (Phi) is 6.95. The summed E-state index contributed by atoms with van der Waals surface area (Å²) in [6.07, 6.45) is 4.68. The van der Waals surface area contributed by atoms with E-state index in [-0.39, 0.29) is 12.5 Å². The molecule has 0 aliphatic carbocycles. The fraction of sp³-hybridized carbons (Fsp3) is 0.357. The van der Waals surface area contributed by atoms with Crippen LogP contribution in [0.3, 0.4) is 0 Å². The van der Waals surface area contributed by atoms with Crippen LogP contribution in [-0.2, 0) is 14.3 Å². The number of anilines is 3. The first-order valence-electron chi connectivity index (χ1n) is 13.1. The number of hydrogen-bond donors (Lipinski definition) is 1. The highest BCUT2D eigenvalue weighted by Gasteiger charge is 2.39. The van der Waals surface area contributed by atoms with E-state index < -0.39 is 11.9 Å². The number of halogens is 1. The van der Waals surface area contributed by atoms with Crippen molar-refractivity contribution in [1.29, 1.82) is 0 Å². The van der Waals surface area contributed by atoms with Gasteiger partial charge in [-0.05, 0) is 38.1 Å². The maximum absolute atomic E-state index is 12.9. The molecule has 1 aromatic carbocycles. The number of rotatable bonds is 6. The van der Waals surface area contributed by atoms with E-state index in [2.05, 4.69) is 25.2 Å². The Hall–Kier alpha value is -3.93. The molecule has 0 radical (unpaired) electrons. The Morgan fingerprint density at radius 2 is 1.95 bits per heavy atom. The number of imidazole rings is 1. The predicted molar refractivity (Wildman–Crippen MR) is 151 cm³/mol. The number of fused-ring (bicyclic) bond motifs is 1. The summed E-state index contributed by atoms with van der Waals surface area (Å²) in [5.41, 5.74) is 3.85.